The van der Waals surface area contributed by atoms with Crippen LogP contribution in [0.1, 0.15) is 20.3 Å². The molecular formula is C12H25N3OS. The highest BCUT2D eigenvalue weighted by atomic mass is 32.2. The molecule has 1 fully saturated rings. The van der Waals surface area contributed by atoms with E-state index in [0.29, 0.717) is 0 Å². The number of amides is 1. The molecule has 5 heteroatoms. The van der Waals surface area contributed by atoms with Crippen LogP contribution in [0.3, 0.4) is 0 Å². The van der Waals surface area contributed by atoms with Crippen LogP contribution in [0.5, 0.6) is 0 Å². The second-order valence-corrected chi connectivity index (χ2v) is 5.40. The average Bonchev–Trinajstić information content (AvgIpc) is 2.40. The van der Waals surface area contributed by atoms with Crippen LogP contribution >= 0.6 is 11.8 Å². The largest absolute Gasteiger partial charge is 0.355 e. The molecule has 1 aliphatic rings. The van der Waals surface area contributed by atoms with Crippen molar-refractivity contribution in [2.24, 2.45) is 0 Å². The van der Waals surface area contributed by atoms with E-state index in [2.05, 4.69) is 29.4 Å². The number of hydrogen-bond donors (Lipinski definition) is 2. The topological polar surface area (TPSA) is 44.4 Å². The third-order valence-corrected chi connectivity index (χ3v) is 4.14. The number of thioether (sulfide) groups is 1. The number of rotatable bonds is 7. The molecule has 2 N–H and O–H groups in total. The van der Waals surface area contributed by atoms with Gasteiger partial charge in [-0.1, -0.05) is 13.8 Å². The maximum atomic E-state index is 11.8. The van der Waals surface area contributed by atoms with Crippen LogP contribution in [0.25, 0.3) is 0 Å². The summed E-state index contributed by atoms with van der Waals surface area (Å²) in [6, 6.07) is 0.0159. The summed E-state index contributed by atoms with van der Waals surface area (Å²) in [5.41, 5.74) is 0. The molecule has 1 amide bonds. The Morgan fingerprint density at radius 3 is 2.82 bits per heavy atom. The van der Waals surface area contributed by atoms with E-state index < -0.39 is 0 Å². The third-order valence-electron chi connectivity index (χ3n) is 3.08. The van der Waals surface area contributed by atoms with Gasteiger partial charge in [0.25, 0.3) is 0 Å². The third kappa shape index (κ3) is 5.75. The lowest BCUT2D eigenvalue weighted by atomic mass is 10.3. The Labute approximate surface area is 109 Å². The fourth-order valence-corrected chi connectivity index (χ4v) is 2.84. The van der Waals surface area contributed by atoms with E-state index in [4.69, 9.17) is 0 Å². The van der Waals surface area contributed by atoms with Crippen molar-refractivity contribution in [3.8, 4) is 0 Å². The van der Waals surface area contributed by atoms with Gasteiger partial charge in [-0.25, -0.2) is 0 Å². The molecule has 0 spiro atoms. The van der Waals surface area contributed by atoms with E-state index in [0.717, 1.165) is 50.7 Å². The van der Waals surface area contributed by atoms with Crippen LogP contribution in [0.2, 0.25) is 0 Å². The molecule has 0 saturated carbocycles. The zero-order valence-electron chi connectivity index (χ0n) is 11.0. The van der Waals surface area contributed by atoms with Crippen LogP contribution in [-0.4, -0.2) is 61.1 Å². The number of hydrogen-bond acceptors (Lipinski definition) is 4. The summed E-state index contributed by atoms with van der Waals surface area (Å²) < 4.78 is 0. The maximum absolute atomic E-state index is 11.8. The highest BCUT2D eigenvalue weighted by Crippen LogP contribution is 2.07. The quantitative estimate of drug-likeness (QED) is 0.655. The Hall–Kier alpha value is -0.260. The van der Waals surface area contributed by atoms with Gasteiger partial charge < -0.3 is 15.5 Å². The SMILES string of the molecule is CCN(CC)CCCNC(=O)C1CSCCN1. The minimum Gasteiger partial charge on any atom is -0.355 e. The van der Waals surface area contributed by atoms with Crippen LogP contribution < -0.4 is 10.6 Å². The molecule has 1 unspecified atom stereocenters. The number of carbonyl (C=O) groups excluding carboxylic acids is 1. The number of nitrogens with zero attached hydrogens (tertiary/aromatic N) is 1. The Morgan fingerprint density at radius 1 is 1.47 bits per heavy atom. The Bertz CT molecular complexity index is 216. The predicted octanol–water partition coefficient (Wildman–Crippen LogP) is 0.540. The van der Waals surface area contributed by atoms with Crippen molar-refractivity contribution < 1.29 is 4.79 Å². The summed E-state index contributed by atoms with van der Waals surface area (Å²) in [6.07, 6.45) is 1.04. The van der Waals surface area contributed by atoms with Crippen LogP contribution in [-0.2, 0) is 4.79 Å². The number of carbonyl (C=O) groups is 1. The Balaban J connectivity index is 2.07. The van der Waals surface area contributed by atoms with E-state index in [1.54, 1.807) is 0 Å². The van der Waals surface area contributed by atoms with E-state index in [-0.39, 0.29) is 11.9 Å². The molecule has 1 atom stereocenters. The lowest BCUT2D eigenvalue weighted by molar-refractivity contribution is -0.122. The van der Waals surface area contributed by atoms with Gasteiger partial charge in [-0.05, 0) is 26.1 Å². The monoisotopic (exact) mass is 259 g/mol. The molecule has 1 rings (SSSR count). The first-order valence-corrected chi connectivity index (χ1v) is 7.74. The van der Waals surface area contributed by atoms with Gasteiger partial charge in [-0.2, -0.15) is 11.8 Å². The second kappa shape index (κ2) is 8.78. The fraction of sp³-hybridized carbons (Fsp3) is 0.917. The summed E-state index contributed by atoms with van der Waals surface area (Å²) in [5.74, 6) is 2.19. The lowest BCUT2D eigenvalue weighted by Gasteiger charge is -2.22. The molecule has 100 valence electrons. The Kier molecular flexibility index (Phi) is 7.64. The van der Waals surface area contributed by atoms with Crippen molar-refractivity contribution in [1.29, 1.82) is 0 Å². The van der Waals surface area contributed by atoms with Gasteiger partial charge in [0.15, 0.2) is 0 Å². The predicted molar refractivity (Wildman–Crippen MR) is 74.5 cm³/mol. The zero-order valence-corrected chi connectivity index (χ0v) is 11.8. The summed E-state index contributed by atoms with van der Waals surface area (Å²) in [7, 11) is 0. The van der Waals surface area contributed by atoms with Gasteiger partial charge in [0.2, 0.25) is 5.91 Å². The van der Waals surface area contributed by atoms with Crippen LogP contribution in [0, 0.1) is 0 Å². The molecule has 17 heavy (non-hydrogen) atoms. The molecule has 0 aromatic heterocycles. The summed E-state index contributed by atoms with van der Waals surface area (Å²) >= 11 is 1.85. The van der Waals surface area contributed by atoms with Crippen molar-refractivity contribution >= 4 is 17.7 Å². The normalized spacial score (nSPS) is 20.5. The van der Waals surface area contributed by atoms with Gasteiger partial charge in [-0.3, -0.25) is 4.79 Å². The molecule has 0 aromatic carbocycles. The van der Waals surface area contributed by atoms with Gasteiger partial charge in [0.05, 0.1) is 6.04 Å². The standard InChI is InChI=1S/C12H25N3OS/c1-3-15(4-2)8-5-6-14-12(16)11-10-17-9-7-13-11/h11,13H,3-10H2,1-2H3,(H,14,16). The van der Waals surface area contributed by atoms with E-state index >= 15 is 0 Å². The summed E-state index contributed by atoms with van der Waals surface area (Å²) in [5, 5.41) is 6.26. The zero-order chi connectivity index (χ0) is 12.5. The minimum atomic E-state index is 0.0159. The highest BCUT2D eigenvalue weighted by molar-refractivity contribution is 7.99. The summed E-state index contributed by atoms with van der Waals surface area (Å²) in [4.78, 5) is 14.2. The van der Waals surface area contributed by atoms with Crippen LogP contribution in [0.15, 0.2) is 0 Å². The molecule has 0 aromatic rings. The van der Waals surface area contributed by atoms with E-state index in [1.165, 1.54) is 0 Å². The van der Waals surface area contributed by atoms with Gasteiger partial charge in [0, 0.05) is 24.6 Å². The molecule has 1 heterocycles. The first kappa shape index (κ1) is 14.8. The highest BCUT2D eigenvalue weighted by Gasteiger charge is 2.19. The van der Waals surface area contributed by atoms with Gasteiger partial charge in [-0.15, -0.1) is 0 Å². The molecule has 0 bridgehead atoms. The first-order chi connectivity index (χ1) is 8.27. The van der Waals surface area contributed by atoms with Gasteiger partial charge >= 0.3 is 0 Å². The molecule has 1 aliphatic heterocycles. The van der Waals surface area contributed by atoms with Crippen molar-refractivity contribution in [3.63, 3.8) is 0 Å². The van der Waals surface area contributed by atoms with E-state index in [9.17, 15) is 4.79 Å². The van der Waals surface area contributed by atoms with Crippen molar-refractivity contribution in [3.05, 3.63) is 0 Å². The fourth-order valence-electron chi connectivity index (χ4n) is 1.91. The van der Waals surface area contributed by atoms with E-state index in [1.807, 2.05) is 11.8 Å². The lowest BCUT2D eigenvalue weighted by Crippen LogP contribution is -2.49. The first-order valence-electron chi connectivity index (χ1n) is 6.59. The van der Waals surface area contributed by atoms with Crippen molar-refractivity contribution in [1.82, 2.24) is 15.5 Å². The summed E-state index contributed by atoms with van der Waals surface area (Å²) in [6.45, 7) is 9.33. The van der Waals surface area contributed by atoms with Crippen LogP contribution in [0.4, 0.5) is 0 Å². The molecule has 4 nitrogen and oxygen atoms in total. The molecular weight excluding hydrogens is 234 g/mol. The smallest absolute Gasteiger partial charge is 0.237 e. The number of nitrogens with one attached hydrogen (secondary N) is 2. The Morgan fingerprint density at radius 2 is 2.24 bits per heavy atom. The second-order valence-electron chi connectivity index (χ2n) is 4.25. The van der Waals surface area contributed by atoms with Gasteiger partial charge in [0.1, 0.15) is 0 Å². The minimum absolute atomic E-state index is 0.0159. The maximum Gasteiger partial charge on any atom is 0.237 e. The molecule has 0 aliphatic carbocycles. The van der Waals surface area contributed by atoms with Crippen molar-refractivity contribution in [2.75, 3.05) is 44.2 Å². The molecule has 1 saturated heterocycles. The molecule has 0 radical (unpaired) electrons. The average molecular weight is 259 g/mol. The van der Waals surface area contributed by atoms with Crippen molar-refractivity contribution in [2.45, 2.75) is 26.3 Å².